The summed E-state index contributed by atoms with van der Waals surface area (Å²) in [6.45, 7) is 0. The second kappa shape index (κ2) is 5.99. The highest BCUT2D eigenvalue weighted by Crippen LogP contribution is 2.38. The molecule has 91 valence electrons. The van der Waals surface area contributed by atoms with Crippen LogP contribution in [0.2, 0.25) is 0 Å². The number of rotatable bonds is 2. The number of halogens is 4. The molecule has 0 aromatic heterocycles. The van der Waals surface area contributed by atoms with Crippen LogP contribution >= 0.6 is 63.7 Å². The van der Waals surface area contributed by atoms with E-state index in [0.717, 1.165) is 17.9 Å². The minimum Gasteiger partial charge on any atom is -0.289 e. The molecular formula is C13H5Br4O. The molecule has 2 aromatic rings. The summed E-state index contributed by atoms with van der Waals surface area (Å²) in [5.41, 5.74) is 1.10. The van der Waals surface area contributed by atoms with E-state index in [-0.39, 0.29) is 5.78 Å². The lowest BCUT2D eigenvalue weighted by Gasteiger charge is -2.10. The minimum absolute atomic E-state index is 0.0867. The van der Waals surface area contributed by atoms with Crippen LogP contribution in [0.25, 0.3) is 0 Å². The summed E-state index contributed by atoms with van der Waals surface area (Å²) in [5.74, 6) is -0.0867. The first-order valence-corrected chi connectivity index (χ1v) is 8.04. The molecule has 0 amide bonds. The lowest BCUT2D eigenvalue weighted by Crippen LogP contribution is -2.04. The van der Waals surface area contributed by atoms with Crippen molar-refractivity contribution in [1.82, 2.24) is 0 Å². The van der Waals surface area contributed by atoms with Gasteiger partial charge >= 0.3 is 0 Å². The van der Waals surface area contributed by atoms with E-state index in [9.17, 15) is 4.79 Å². The summed E-state index contributed by atoms with van der Waals surface area (Å²) in [6.07, 6.45) is 0. The molecule has 0 saturated carbocycles. The van der Waals surface area contributed by atoms with Crippen LogP contribution in [0.3, 0.4) is 0 Å². The van der Waals surface area contributed by atoms with Crippen LogP contribution in [0.4, 0.5) is 0 Å². The van der Waals surface area contributed by atoms with Crippen molar-refractivity contribution >= 4 is 69.5 Å². The number of hydrogen-bond donors (Lipinski definition) is 0. The van der Waals surface area contributed by atoms with Crippen LogP contribution in [0.5, 0.6) is 0 Å². The van der Waals surface area contributed by atoms with Crippen molar-refractivity contribution < 1.29 is 4.79 Å². The normalized spacial score (nSPS) is 10.4. The van der Waals surface area contributed by atoms with Gasteiger partial charge in [-0.2, -0.15) is 0 Å². The van der Waals surface area contributed by atoms with E-state index < -0.39 is 0 Å². The first-order chi connectivity index (χ1) is 8.52. The third-order valence-electron chi connectivity index (χ3n) is 2.29. The van der Waals surface area contributed by atoms with E-state index in [4.69, 9.17) is 0 Å². The third-order valence-corrected chi connectivity index (χ3v) is 6.25. The molecule has 0 spiro atoms. The Bertz CT molecular complexity index is 582. The number of benzene rings is 2. The predicted molar refractivity (Wildman–Crippen MR) is 86.0 cm³/mol. The molecule has 5 heteroatoms. The number of hydrogen-bond acceptors (Lipinski definition) is 1. The van der Waals surface area contributed by atoms with Gasteiger partial charge in [-0.3, -0.25) is 4.79 Å². The lowest BCUT2D eigenvalue weighted by molar-refractivity contribution is 0.103. The zero-order valence-electron chi connectivity index (χ0n) is 8.81. The number of carbonyl (C=O) groups is 1. The summed E-state index contributed by atoms with van der Waals surface area (Å²) >= 11 is 13.7. The summed E-state index contributed by atoms with van der Waals surface area (Å²) < 4.78 is 3.08. The lowest BCUT2D eigenvalue weighted by atomic mass is 10.0. The van der Waals surface area contributed by atoms with Crippen molar-refractivity contribution in [3.63, 3.8) is 0 Å². The van der Waals surface area contributed by atoms with Gasteiger partial charge < -0.3 is 0 Å². The van der Waals surface area contributed by atoms with Gasteiger partial charge in [0.2, 0.25) is 0 Å². The molecule has 0 aliphatic carbocycles. The van der Waals surface area contributed by atoms with E-state index in [1.165, 1.54) is 0 Å². The van der Waals surface area contributed by atoms with Crippen molar-refractivity contribution in [1.29, 1.82) is 0 Å². The van der Waals surface area contributed by atoms with Crippen LogP contribution < -0.4 is 0 Å². The smallest absolute Gasteiger partial charge is 0.196 e. The van der Waals surface area contributed by atoms with Crippen molar-refractivity contribution in [3.05, 3.63) is 65.4 Å². The fourth-order valence-corrected chi connectivity index (χ4v) is 3.85. The average molecular weight is 497 g/mol. The zero-order chi connectivity index (χ0) is 13.3. The Labute approximate surface area is 138 Å². The van der Waals surface area contributed by atoms with Gasteiger partial charge in [-0.05, 0) is 75.9 Å². The van der Waals surface area contributed by atoms with Crippen LogP contribution in [0.15, 0.2) is 48.2 Å². The first-order valence-electron chi connectivity index (χ1n) is 4.86. The second-order valence-electron chi connectivity index (χ2n) is 3.45. The van der Waals surface area contributed by atoms with E-state index in [0.29, 0.717) is 11.1 Å². The largest absolute Gasteiger partial charge is 0.289 e. The molecular weight excluding hydrogens is 492 g/mol. The van der Waals surface area contributed by atoms with Gasteiger partial charge in [0, 0.05) is 23.5 Å². The average Bonchev–Trinajstić information content (AvgIpc) is 2.37. The molecule has 0 aliphatic heterocycles. The Morgan fingerprint density at radius 2 is 1.61 bits per heavy atom. The summed E-state index contributed by atoms with van der Waals surface area (Å²) in [4.78, 5) is 12.5. The standard InChI is InChI=1S/C13H5Br4O/c14-8-6-9(15)12(17)10(11(8)16)13(18)7-4-2-1-3-5-7/h1-4,6H. The molecule has 2 aromatic carbocycles. The molecule has 1 nitrogen and oxygen atoms in total. The number of ketones is 1. The summed E-state index contributed by atoms with van der Waals surface area (Å²) in [7, 11) is 0. The molecule has 0 bridgehead atoms. The van der Waals surface area contributed by atoms with Crippen molar-refractivity contribution in [2.75, 3.05) is 0 Å². The fourth-order valence-electron chi connectivity index (χ4n) is 1.44. The Kier molecular flexibility index (Phi) is 4.80. The van der Waals surface area contributed by atoms with E-state index in [1.54, 1.807) is 12.1 Å². The molecule has 18 heavy (non-hydrogen) atoms. The molecule has 0 atom stereocenters. The molecule has 0 saturated heterocycles. The number of carbonyl (C=O) groups excluding carboxylic acids is 1. The molecule has 0 unspecified atom stereocenters. The van der Waals surface area contributed by atoms with Gasteiger partial charge in [-0.15, -0.1) is 0 Å². The van der Waals surface area contributed by atoms with Gasteiger partial charge in [-0.25, -0.2) is 0 Å². The quantitative estimate of drug-likeness (QED) is 0.381. The monoisotopic (exact) mass is 493 g/mol. The molecule has 0 heterocycles. The predicted octanol–water partition coefficient (Wildman–Crippen LogP) is 5.77. The van der Waals surface area contributed by atoms with Gasteiger partial charge in [0.25, 0.3) is 0 Å². The van der Waals surface area contributed by atoms with Crippen LogP contribution in [-0.2, 0) is 0 Å². The van der Waals surface area contributed by atoms with Crippen molar-refractivity contribution in [2.24, 2.45) is 0 Å². The van der Waals surface area contributed by atoms with Gasteiger partial charge in [0.15, 0.2) is 5.78 Å². The first kappa shape index (κ1) is 14.4. The van der Waals surface area contributed by atoms with Gasteiger partial charge in [-0.1, -0.05) is 24.3 Å². The Balaban J connectivity index is 2.62. The summed E-state index contributed by atoms with van der Waals surface area (Å²) in [5, 5.41) is 0. The van der Waals surface area contributed by atoms with Crippen LogP contribution in [0.1, 0.15) is 15.9 Å². The van der Waals surface area contributed by atoms with Gasteiger partial charge in [0.1, 0.15) is 0 Å². The second-order valence-corrected chi connectivity index (χ2v) is 6.74. The van der Waals surface area contributed by atoms with Crippen LogP contribution in [-0.4, -0.2) is 5.78 Å². The van der Waals surface area contributed by atoms with E-state index in [2.05, 4.69) is 69.8 Å². The summed E-state index contributed by atoms with van der Waals surface area (Å²) in [6, 6.07) is 11.9. The Hall–Kier alpha value is 0.0300. The highest BCUT2D eigenvalue weighted by molar-refractivity contribution is 9.14. The van der Waals surface area contributed by atoms with E-state index >= 15 is 0 Å². The minimum atomic E-state index is -0.0867. The molecule has 0 aliphatic rings. The van der Waals surface area contributed by atoms with Crippen LogP contribution in [0, 0.1) is 6.07 Å². The maximum atomic E-state index is 12.5. The highest BCUT2D eigenvalue weighted by Gasteiger charge is 2.20. The molecule has 1 radical (unpaired) electrons. The molecule has 0 N–H and O–H groups in total. The molecule has 0 fully saturated rings. The van der Waals surface area contributed by atoms with E-state index in [1.807, 2.05) is 18.2 Å². The van der Waals surface area contributed by atoms with Crippen molar-refractivity contribution in [3.8, 4) is 0 Å². The van der Waals surface area contributed by atoms with Crippen molar-refractivity contribution in [2.45, 2.75) is 0 Å². The SMILES string of the molecule is O=C(c1[c]cccc1)c1c(Br)c(Br)cc(Br)c1Br. The third kappa shape index (κ3) is 2.79. The highest BCUT2D eigenvalue weighted by atomic mass is 79.9. The maximum Gasteiger partial charge on any atom is 0.196 e. The fraction of sp³-hybridized carbons (Fsp3) is 0. The van der Waals surface area contributed by atoms with Gasteiger partial charge in [0.05, 0.1) is 5.56 Å². The molecule has 2 rings (SSSR count). The zero-order valence-corrected chi connectivity index (χ0v) is 15.2. The topological polar surface area (TPSA) is 17.1 Å². The Morgan fingerprint density at radius 3 is 2.11 bits per heavy atom. The maximum absolute atomic E-state index is 12.5. The Morgan fingerprint density at radius 1 is 1.00 bits per heavy atom.